The highest BCUT2D eigenvalue weighted by Gasteiger charge is 2.33. The third kappa shape index (κ3) is 7.44. The number of anilines is 1. The lowest BCUT2D eigenvalue weighted by Crippen LogP contribution is -2.52. The number of benzene rings is 3. The summed E-state index contributed by atoms with van der Waals surface area (Å²) in [6, 6.07) is 23.6. The Morgan fingerprint density at radius 1 is 0.868 bits per heavy atom. The first-order chi connectivity index (χ1) is 18.3. The molecule has 8 heteroatoms. The van der Waals surface area contributed by atoms with Gasteiger partial charge in [-0.05, 0) is 49.6 Å². The third-order valence-corrected chi connectivity index (χ3v) is 8.13. The van der Waals surface area contributed by atoms with Crippen LogP contribution >= 0.6 is 0 Å². The van der Waals surface area contributed by atoms with Crippen LogP contribution in [0.1, 0.15) is 44.2 Å². The second kappa shape index (κ2) is 13.8. The number of nitrogens with zero attached hydrogens (tertiary/aromatic N) is 2. The van der Waals surface area contributed by atoms with Crippen molar-refractivity contribution in [3.8, 4) is 0 Å². The van der Waals surface area contributed by atoms with Gasteiger partial charge in [0.25, 0.3) is 10.0 Å². The molecule has 2 amide bonds. The maximum absolute atomic E-state index is 14.0. The van der Waals surface area contributed by atoms with Gasteiger partial charge in [-0.25, -0.2) is 8.42 Å². The van der Waals surface area contributed by atoms with Gasteiger partial charge in [-0.3, -0.25) is 13.9 Å². The molecule has 202 valence electrons. The number of nitrogens with one attached hydrogen (secondary N) is 1. The summed E-state index contributed by atoms with van der Waals surface area (Å²) in [7, 11) is -4.05. The molecule has 1 N–H and O–H groups in total. The smallest absolute Gasteiger partial charge is 0.264 e. The maximum atomic E-state index is 14.0. The van der Waals surface area contributed by atoms with Crippen LogP contribution < -0.4 is 9.62 Å². The Bertz CT molecular complexity index is 1280. The molecule has 0 aliphatic rings. The van der Waals surface area contributed by atoms with Gasteiger partial charge in [0.05, 0.1) is 10.6 Å². The van der Waals surface area contributed by atoms with Crippen molar-refractivity contribution in [3.05, 3.63) is 96.1 Å². The summed E-state index contributed by atoms with van der Waals surface area (Å²) in [5.41, 5.74) is 2.32. The molecular weight excluding hydrogens is 498 g/mol. The molecule has 0 aromatic heterocycles. The van der Waals surface area contributed by atoms with E-state index >= 15 is 0 Å². The van der Waals surface area contributed by atoms with E-state index in [-0.39, 0.29) is 17.3 Å². The number of hydrogen-bond donors (Lipinski definition) is 1. The van der Waals surface area contributed by atoms with E-state index in [1.165, 1.54) is 17.0 Å². The molecule has 0 unspecified atom stereocenters. The molecule has 0 heterocycles. The molecule has 0 bridgehead atoms. The van der Waals surface area contributed by atoms with E-state index in [0.29, 0.717) is 18.7 Å². The first-order valence-corrected chi connectivity index (χ1v) is 14.5. The van der Waals surface area contributed by atoms with E-state index in [0.717, 1.165) is 28.3 Å². The number of aryl methyl sites for hydroxylation is 1. The van der Waals surface area contributed by atoms with E-state index in [1.54, 1.807) is 48.5 Å². The molecule has 7 nitrogen and oxygen atoms in total. The van der Waals surface area contributed by atoms with Crippen molar-refractivity contribution in [2.45, 2.75) is 57.5 Å². The minimum Gasteiger partial charge on any atom is -0.354 e. The van der Waals surface area contributed by atoms with Crippen molar-refractivity contribution in [2.75, 3.05) is 17.4 Å². The molecule has 38 heavy (non-hydrogen) atoms. The van der Waals surface area contributed by atoms with Crippen LogP contribution in [0.4, 0.5) is 5.69 Å². The molecule has 3 aromatic carbocycles. The van der Waals surface area contributed by atoms with E-state index in [1.807, 2.05) is 45.0 Å². The first kappa shape index (κ1) is 28.9. The fraction of sp³-hybridized carbons (Fsp3) is 0.333. The zero-order valence-corrected chi connectivity index (χ0v) is 23.2. The van der Waals surface area contributed by atoms with Crippen molar-refractivity contribution in [1.29, 1.82) is 0 Å². The Morgan fingerprint density at radius 3 is 2.05 bits per heavy atom. The second-order valence-corrected chi connectivity index (χ2v) is 11.1. The number of amides is 2. The van der Waals surface area contributed by atoms with Crippen molar-refractivity contribution in [2.24, 2.45) is 0 Å². The highest BCUT2D eigenvalue weighted by atomic mass is 32.2. The highest BCUT2D eigenvalue weighted by Crippen LogP contribution is 2.24. The monoisotopic (exact) mass is 535 g/mol. The Balaban J connectivity index is 1.99. The summed E-state index contributed by atoms with van der Waals surface area (Å²) in [6.45, 7) is 6.15. The van der Waals surface area contributed by atoms with Crippen molar-refractivity contribution >= 4 is 27.5 Å². The van der Waals surface area contributed by atoms with Gasteiger partial charge in [0.2, 0.25) is 11.8 Å². The van der Waals surface area contributed by atoms with Crippen LogP contribution in [-0.2, 0) is 26.2 Å². The fourth-order valence-corrected chi connectivity index (χ4v) is 5.59. The van der Waals surface area contributed by atoms with Gasteiger partial charge in [-0.1, -0.05) is 86.5 Å². The van der Waals surface area contributed by atoms with Gasteiger partial charge in [0.1, 0.15) is 12.6 Å². The molecule has 0 aliphatic heterocycles. The Morgan fingerprint density at radius 2 is 1.47 bits per heavy atom. The quantitative estimate of drug-likeness (QED) is 0.315. The number of carbonyl (C=O) groups is 2. The summed E-state index contributed by atoms with van der Waals surface area (Å²) < 4.78 is 28.5. The molecular formula is C30H37N3O4S. The van der Waals surface area contributed by atoms with Crippen LogP contribution in [0.15, 0.2) is 89.8 Å². The van der Waals surface area contributed by atoms with Gasteiger partial charge in [0, 0.05) is 13.1 Å². The van der Waals surface area contributed by atoms with Crippen LogP contribution in [-0.4, -0.2) is 44.3 Å². The number of hydrogen-bond acceptors (Lipinski definition) is 4. The van der Waals surface area contributed by atoms with Gasteiger partial charge in [-0.15, -0.1) is 0 Å². The molecule has 3 rings (SSSR count). The molecule has 0 radical (unpaired) electrons. The molecule has 0 saturated carbocycles. The van der Waals surface area contributed by atoms with Crippen LogP contribution in [0.5, 0.6) is 0 Å². The highest BCUT2D eigenvalue weighted by molar-refractivity contribution is 7.92. The minimum atomic E-state index is -4.05. The summed E-state index contributed by atoms with van der Waals surface area (Å²) in [5, 5.41) is 2.94. The van der Waals surface area contributed by atoms with E-state index in [9.17, 15) is 18.0 Å². The molecule has 0 saturated heterocycles. The normalized spacial score (nSPS) is 12.0. The maximum Gasteiger partial charge on any atom is 0.264 e. The Kier molecular flexibility index (Phi) is 10.5. The van der Waals surface area contributed by atoms with Crippen molar-refractivity contribution in [1.82, 2.24) is 10.2 Å². The van der Waals surface area contributed by atoms with E-state index in [2.05, 4.69) is 5.32 Å². The zero-order chi connectivity index (χ0) is 27.5. The van der Waals surface area contributed by atoms with Crippen LogP contribution in [0.2, 0.25) is 0 Å². The molecule has 3 aromatic rings. The average molecular weight is 536 g/mol. The average Bonchev–Trinajstić information content (AvgIpc) is 2.93. The second-order valence-electron chi connectivity index (χ2n) is 9.24. The van der Waals surface area contributed by atoms with Gasteiger partial charge in [-0.2, -0.15) is 0 Å². The summed E-state index contributed by atoms with van der Waals surface area (Å²) >= 11 is 0. The predicted molar refractivity (Wildman–Crippen MR) is 151 cm³/mol. The van der Waals surface area contributed by atoms with E-state index in [4.69, 9.17) is 0 Å². The number of rotatable bonds is 13. The lowest BCUT2D eigenvalue weighted by Gasteiger charge is -2.33. The van der Waals surface area contributed by atoms with Crippen molar-refractivity contribution < 1.29 is 18.0 Å². The zero-order valence-electron chi connectivity index (χ0n) is 22.3. The number of para-hydroxylation sites is 1. The Hall–Kier alpha value is -3.65. The largest absolute Gasteiger partial charge is 0.354 e. The summed E-state index contributed by atoms with van der Waals surface area (Å²) in [5.74, 6) is -0.690. The summed E-state index contributed by atoms with van der Waals surface area (Å²) in [6.07, 6.45) is 2.17. The standard InChI is InChI=1S/C30H37N3O4S/c1-4-6-21-31-30(35)28(5-2)32(22-25-19-17-24(3)18-20-25)29(34)23-33(26-13-9-7-10-14-26)38(36,37)27-15-11-8-12-16-27/h7-20,28H,4-6,21-23H2,1-3H3,(H,31,35)/t28-/m1/s1. The summed E-state index contributed by atoms with van der Waals surface area (Å²) in [4.78, 5) is 28.7. The molecule has 0 spiro atoms. The van der Waals surface area contributed by atoms with Crippen LogP contribution in [0.25, 0.3) is 0 Å². The first-order valence-electron chi connectivity index (χ1n) is 13.0. The molecule has 1 atom stereocenters. The SMILES string of the molecule is CCCCNC(=O)[C@@H](CC)N(Cc1ccc(C)cc1)C(=O)CN(c1ccccc1)S(=O)(=O)c1ccccc1. The topological polar surface area (TPSA) is 86.8 Å². The lowest BCUT2D eigenvalue weighted by atomic mass is 10.1. The number of carbonyl (C=O) groups excluding carboxylic acids is 2. The van der Waals surface area contributed by atoms with Crippen LogP contribution in [0.3, 0.4) is 0 Å². The minimum absolute atomic E-state index is 0.0890. The van der Waals surface area contributed by atoms with Gasteiger partial charge < -0.3 is 10.2 Å². The number of unbranched alkanes of at least 4 members (excludes halogenated alkanes) is 1. The fourth-order valence-electron chi connectivity index (χ4n) is 4.16. The lowest BCUT2D eigenvalue weighted by molar-refractivity contribution is -0.140. The van der Waals surface area contributed by atoms with Crippen molar-refractivity contribution in [3.63, 3.8) is 0 Å². The van der Waals surface area contributed by atoms with E-state index < -0.39 is 28.5 Å². The Labute approximate surface area is 226 Å². The predicted octanol–water partition coefficient (Wildman–Crippen LogP) is 4.91. The molecule has 0 aliphatic carbocycles. The molecule has 0 fully saturated rings. The van der Waals surface area contributed by atoms with Gasteiger partial charge >= 0.3 is 0 Å². The third-order valence-electron chi connectivity index (χ3n) is 6.34. The van der Waals surface area contributed by atoms with Crippen LogP contribution in [0, 0.1) is 6.92 Å². The number of sulfonamides is 1. The van der Waals surface area contributed by atoms with Gasteiger partial charge in [0.15, 0.2) is 0 Å².